The summed E-state index contributed by atoms with van der Waals surface area (Å²) in [6.07, 6.45) is 8.32. The van der Waals surface area contributed by atoms with Crippen molar-refractivity contribution in [2.75, 3.05) is 32.7 Å². The lowest BCUT2D eigenvalue weighted by Gasteiger charge is -2.26. The summed E-state index contributed by atoms with van der Waals surface area (Å²) < 4.78 is 0. The summed E-state index contributed by atoms with van der Waals surface area (Å²) >= 11 is 0. The highest BCUT2D eigenvalue weighted by atomic mass is 15.1. The summed E-state index contributed by atoms with van der Waals surface area (Å²) in [6.45, 7) is 11.0. The average Bonchev–Trinajstić information content (AvgIpc) is 2.29. The zero-order valence-corrected chi connectivity index (χ0v) is 11.3. The van der Waals surface area contributed by atoms with Crippen molar-refractivity contribution < 1.29 is 0 Å². The molecule has 16 heavy (non-hydrogen) atoms. The topological polar surface area (TPSA) is 15.3 Å². The van der Waals surface area contributed by atoms with Crippen molar-refractivity contribution in [2.24, 2.45) is 5.92 Å². The van der Waals surface area contributed by atoms with E-state index in [9.17, 15) is 0 Å². The lowest BCUT2D eigenvalue weighted by molar-refractivity contribution is 0.224. The Morgan fingerprint density at radius 2 is 1.75 bits per heavy atom. The van der Waals surface area contributed by atoms with E-state index in [1.54, 1.807) is 0 Å². The van der Waals surface area contributed by atoms with Crippen LogP contribution in [0.1, 0.15) is 52.4 Å². The normalized spacial score (nSPS) is 18.2. The molecule has 0 bridgehead atoms. The number of likely N-dealkylation sites (tertiary alicyclic amines) is 1. The van der Waals surface area contributed by atoms with E-state index in [0.717, 1.165) is 5.92 Å². The van der Waals surface area contributed by atoms with E-state index >= 15 is 0 Å². The van der Waals surface area contributed by atoms with Gasteiger partial charge in [-0.2, -0.15) is 0 Å². The number of hydrogen-bond acceptors (Lipinski definition) is 2. The van der Waals surface area contributed by atoms with Crippen LogP contribution in [0.4, 0.5) is 0 Å². The highest BCUT2D eigenvalue weighted by Gasteiger charge is 2.08. The van der Waals surface area contributed by atoms with Crippen molar-refractivity contribution in [3.8, 4) is 0 Å². The summed E-state index contributed by atoms with van der Waals surface area (Å²) in [7, 11) is 0. The minimum absolute atomic E-state index is 0.834. The molecule has 1 fully saturated rings. The minimum atomic E-state index is 0.834. The average molecular weight is 226 g/mol. The molecular formula is C14H30N2. The molecule has 1 saturated heterocycles. The maximum Gasteiger partial charge on any atom is -0.00183 e. The predicted octanol–water partition coefficient (Wildman–Crippen LogP) is 2.89. The Kier molecular flexibility index (Phi) is 7.87. The van der Waals surface area contributed by atoms with E-state index in [1.165, 1.54) is 71.2 Å². The fraction of sp³-hybridized carbons (Fsp3) is 1.00. The Morgan fingerprint density at radius 3 is 2.44 bits per heavy atom. The first-order chi connectivity index (χ1) is 7.79. The van der Waals surface area contributed by atoms with Gasteiger partial charge in [0.15, 0.2) is 0 Å². The van der Waals surface area contributed by atoms with Gasteiger partial charge in [0.1, 0.15) is 0 Å². The quantitative estimate of drug-likeness (QED) is 0.640. The van der Waals surface area contributed by atoms with E-state index in [0.29, 0.717) is 0 Å². The monoisotopic (exact) mass is 226 g/mol. The molecule has 2 heteroatoms. The van der Waals surface area contributed by atoms with Gasteiger partial charge < -0.3 is 10.2 Å². The Morgan fingerprint density at radius 1 is 1.00 bits per heavy atom. The van der Waals surface area contributed by atoms with Gasteiger partial charge >= 0.3 is 0 Å². The molecule has 0 saturated carbocycles. The first-order valence-electron chi connectivity index (χ1n) is 7.22. The molecule has 1 aliphatic heterocycles. The number of unbranched alkanes of at least 4 members (excludes halogenated alkanes) is 1. The van der Waals surface area contributed by atoms with Gasteiger partial charge in [0.05, 0.1) is 0 Å². The van der Waals surface area contributed by atoms with Gasteiger partial charge in [-0.05, 0) is 70.7 Å². The van der Waals surface area contributed by atoms with E-state index < -0.39 is 0 Å². The Bertz CT molecular complexity index is 151. The number of hydrogen-bond donors (Lipinski definition) is 1. The molecule has 0 aromatic rings. The van der Waals surface area contributed by atoms with Gasteiger partial charge in [0.2, 0.25) is 0 Å². The molecule has 0 radical (unpaired) electrons. The third-order valence-electron chi connectivity index (χ3n) is 3.43. The number of nitrogens with one attached hydrogen (secondary N) is 1. The minimum Gasteiger partial charge on any atom is -0.317 e. The second-order valence-electron chi connectivity index (χ2n) is 5.54. The van der Waals surface area contributed by atoms with Crippen molar-refractivity contribution >= 4 is 0 Å². The Hall–Kier alpha value is -0.0800. The SMILES string of the molecule is CC(C)CCNCCCCN1CCCCC1. The zero-order chi connectivity index (χ0) is 11.6. The van der Waals surface area contributed by atoms with Crippen LogP contribution in [-0.4, -0.2) is 37.6 Å². The number of nitrogens with zero attached hydrogens (tertiary/aromatic N) is 1. The van der Waals surface area contributed by atoms with Crippen molar-refractivity contribution in [1.82, 2.24) is 10.2 Å². The molecule has 96 valence electrons. The molecule has 1 heterocycles. The van der Waals surface area contributed by atoms with E-state index in [2.05, 4.69) is 24.1 Å². The maximum atomic E-state index is 3.54. The lowest BCUT2D eigenvalue weighted by atomic mass is 10.1. The second-order valence-corrected chi connectivity index (χ2v) is 5.54. The molecule has 0 atom stereocenters. The summed E-state index contributed by atoms with van der Waals surface area (Å²) in [6, 6.07) is 0. The molecule has 0 aliphatic carbocycles. The van der Waals surface area contributed by atoms with Crippen LogP contribution in [0.3, 0.4) is 0 Å². The summed E-state index contributed by atoms with van der Waals surface area (Å²) in [5.74, 6) is 0.834. The highest BCUT2D eigenvalue weighted by Crippen LogP contribution is 2.09. The van der Waals surface area contributed by atoms with Gasteiger partial charge in [-0.1, -0.05) is 20.3 Å². The predicted molar refractivity (Wildman–Crippen MR) is 71.8 cm³/mol. The van der Waals surface area contributed by atoms with Crippen LogP contribution in [0.25, 0.3) is 0 Å². The first-order valence-corrected chi connectivity index (χ1v) is 7.22. The zero-order valence-electron chi connectivity index (χ0n) is 11.3. The molecular weight excluding hydrogens is 196 g/mol. The third kappa shape index (κ3) is 7.24. The molecule has 0 amide bonds. The van der Waals surface area contributed by atoms with Gasteiger partial charge in [-0.25, -0.2) is 0 Å². The summed E-state index contributed by atoms with van der Waals surface area (Å²) in [5, 5.41) is 3.54. The highest BCUT2D eigenvalue weighted by molar-refractivity contribution is 4.64. The van der Waals surface area contributed by atoms with Gasteiger partial charge in [-0.3, -0.25) is 0 Å². The maximum absolute atomic E-state index is 3.54. The molecule has 0 aromatic carbocycles. The smallest absolute Gasteiger partial charge is 0.00183 e. The molecule has 2 nitrogen and oxygen atoms in total. The first kappa shape index (κ1) is 14.0. The van der Waals surface area contributed by atoms with Crippen molar-refractivity contribution in [3.05, 3.63) is 0 Å². The van der Waals surface area contributed by atoms with Crippen molar-refractivity contribution in [1.29, 1.82) is 0 Å². The Labute approximate surface area is 102 Å². The van der Waals surface area contributed by atoms with Crippen LogP contribution in [0.5, 0.6) is 0 Å². The van der Waals surface area contributed by atoms with Crippen LogP contribution in [0.2, 0.25) is 0 Å². The summed E-state index contributed by atoms with van der Waals surface area (Å²) in [5.41, 5.74) is 0. The molecule has 0 spiro atoms. The number of piperidine rings is 1. The van der Waals surface area contributed by atoms with Gasteiger partial charge in [0.25, 0.3) is 0 Å². The molecule has 1 N–H and O–H groups in total. The van der Waals surface area contributed by atoms with Gasteiger partial charge in [0, 0.05) is 0 Å². The summed E-state index contributed by atoms with van der Waals surface area (Å²) in [4.78, 5) is 2.64. The fourth-order valence-corrected chi connectivity index (χ4v) is 2.28. The van der Waals surface area contributed by atoms with Crippen LogP contribution in [0, 0.1) is 5.92 Å². The molecule has 1 aliphatic rings. The third-order valence-corrected chi connectivity index (χ3v) is 3.43. The Balaban J connectivity index is 1.80. The molecule has 0 unspecified atom stereocenters. The largest absolute Gasteiger partial charge is 0.317 e. The van der Waals surface area contributed by atoms with Gasteiger partial charge in [-0.15, -0.1) is 0 Å². The lowest BCUT2D eigenvalue weighted by Crippen LogP contribution is -2.31. The van der Waals surface area contributed by atoms with Crippen LogP contribution >= 0.6 is 0 Å². The van der Waals surface area contributed by atoms with E-state index in [4.69, 9.17) is 0 Å². The van der Waals surface area contributed by atoms with Crippen molar-refractivity contribution in [3.63, 3.8) is 0 Å². The molecule has 1 rings (SSSR count). The standard InChI is InChI=1S/C14H30N2/c1-14(2)8-10-15-9-4-7-13-16-11-5-3-6-12-16/h14-15H,3-13H2,1-2H3. The van der Waals surface area contributed by atoms with E-state index in [1.807, 2.05) is 0 Å². The number of rotatable bonds is 8. The second kappa shape index (κ2) is 9.00. The molecule has 0 aromatic heterocycles. The fourth-order valence-electron chi connectivity index (χ4n) is 2.28. The van der Waals surface area contributed by atoms with Crippen molar-refractivity contribution in [2.45, 2.75) is 52.4 Å². The van der Waals surface area contributed by atoms with Crippen LogP contribution in [0.15, 0.2) is 0 Å². The van der Waals surface area contributed by atoms with E-state index in [-0.39, 0.29) is 0 Å². The van der Waals surface area contributed by atoms with Crippen LogP contribution < -0.4 is 5.32 Å². The van der Waals surface area contributed by atoms with Crippen LogP contribution in [-0.2, 0) is 0 Å².